The third kappa shape index (κ3) is 2.73. The highest BCUT2D eigenvalue weighted by Gasteiger charge is 2.31. The van der Waals surface area contributed by atoms with Crippen LogP contribution >= 0.6 is 11.3 Å². The fourth-order valence-electron chi connectivity index (χ4n) is 2.42. The van der Waals surface area contributed by atoms with Gasteiger partial charge < -0.3 is 10.5 Å². The minimum absolute atomic E-state index is 0.0415. The number of rotatable bonds is 3. The molecule has 0 amide bonds. The largest absolute Gasteiger partial charge is 0.361 e. The van der Waals surface area contributed by atoms with E-state index in [1.54, 1.807) is 11.3 Å². The van der Waals surface area contributed by atoms with Crippen LogP contribution in [0.2, 0.25) is 0 Å². The van der Waals surface area contributed by atoms with Gasteiger partial charge in [0.1, 0.15) is 0 Å². The Hall–Kier alpha value is -0.930. The zero-order valence-corrected chi connectivity index (χ0v) is 11.6. The zero-order valence-electron chi connectivity index (χ0n) is 10.8. The molecule has 4 nitrogen and oxygen atoms in total. The number of hydrogen-bond donors (Lipinski definition) is 1. The summed E-state index contributed by atoms with van der Waals surface area (Å²) in [5.41, 5.74) is 7.44. The van der Waals surface area contributed by atoms with Crippen LogP contribution in [0.15, 0.2) is 11.4 Å². The van der Waals surface area contributed by atoms with Gasteiger partial charge in [-0.2, -0.15) is 5.26 Å². The lowest BCUT2D eigenvalue weighted by Gasteiger charge is -2.38. The standard InChI is InChI=1S/C13H19N3OS/c1-9-3-6-18-13(9)12(10(2)15)16-4-5-17-11(7-14)8-16/h3,6,10-12H,4-5,8,15H2,1-2H3. The molecule has 1 aromatic rings. The minimum Gasteiger partial charge on any atom is -0.361 e. The Morgan fingerprint density at radius 2 is 2.44 bits per heavy atom. The van der Waals surface area contributed by atoms with E-state index in [2.05, 4.69) is 29.3 Å². The smallest absolute Gasteiger partial charge is 0.156 e. The fourth-order valence-corrected chi connectivity index (χ4v) is 3.60. The van der Waals surface area contributed by atoms with Crippen LogP contribution < -0.4 is 5.73 Å². The number of hydrogen-bond acceptors (Lipinski definition) is 5. The fraction of sp³-hybridized carbons (Fsp3) is 0.615. The maximum atomic E-state index is 8.98. The van der Waals surface area contributed by atoms with Crippen molar-refractivity contribution < 1.29 is 4.74 Å². The van der Waals surface area contributed by atoms with E-state index in [-0.39, 0.29) is 18.2 Å². The van der Waals surface area contributed by atoms with Crippen molar-refractivity contribution in [3.63, 3.8) is 0 Å². The molecule has 0 spiro atoms. The van der Waals surface area contributed by atoms with E-state index in [0.29, 0.717) is 13.2 Å². The Morgan fingerprint density at radius 1 is 1.67 bits per heavy atom. The first kappa shape index (κ1) is 13.5. The number of morpholine rings is 1. The van der Waals surface area contributed by atoms with Gasteiger partial charge in [-0.25, -0.2) is 0 Å². The van der Waals surface area contributed by atoms with E-state index in [1.165, 1.54) is 10.4 Å². The molecule has 0 bridgehead atoms. The zero-order chi connectivity index (χ0) is 13.1. The lowest BCUT2D eigenvalue weighted by molar-refractivity contribution is -0.0205. The first-order chi connectivity index (χ1) is 8.63. The molecule has 5 heteroatoms. The molecule has 0 aliphatic carbocycles. The summed E-state index contributed by atoms with van der Waals surface area (Å²) in [7, 11) is 0. The number of nitrogens with two attached hydrogens (primary N) is 1. The number of nitrogens with zero attached hydrogens (tertiary/aromatic N) is 2. The molecule has 1 fully saturated rings. The quantitative estimate of drug-likeness (QED) is 0.903. The minimum atomic E-state index is -0.333. The van der Waals surface area contributed by atoms with Crippen molar-refractivity contribution in [1.29, 1.82) is 5.26 Å². The van der Waals surface area contributed by atoms with Crippen molar-refractivity contribution in [2.24, 2.45) is 5.73 Å². The Bertz CT molecular complexity index is 438. The van der Waals surface area contributed by atoms with Crippen LogP contribution in [0.4, 0.5) is 0 Å². The molecule has 3 unspecified atom stereocenters. The van der Waals surface area contributed by atoms with E-state index in [1.807, 2.05) is 6.92 Å². The summed E-state index contributed by atoms with van der Waals surface area (Å²) in [4.78, 5) is 3.59. The van der Waals surface area contributed by atoms with Crippen LogP contribution in [-0.2, 0) is 4.74 Å². The van der Waals surface area contributed by atoms with Crippen molar-refractivity contribution in [1.82, 2.24) is 4.90 Å². The molecule has 0 saturated carbocycles. The lowest BCUT2D eigenvalue weighted by Crippen LogP contribution is -2.48. The summed E-state index contributed by atoms with van der Waals surface area (Å²) in [5.74, 6) is 0. The first-order valence-corrected chi connectivity index (χ1v) is 7.06. The van der Waals surface area contributed by atoms with E-state index >= 15 is 0 Å². The molecule has 1 saturated heterocycles. The summed E-state index contributed by atoms with van der Waals surface area (Å²) in [6.45, 7) is 6.22. The molecule has 98 valence electrons. The van der Waals surface area contributed by atoms with Gasteiger partial charge in [0.15, 0.2) is 6.10 Å². The number of aryl methyl sites for hydroxylation is 1. The van der Waals surface area contributed by atoms with Crippen LogP contribution in [0.5, 0.6) is 0 Å². The molecule has 2 heterocycles. The van der Waals surface area contributed by atoms with Crippen molar-refractivity contribution in [3.05, 3.63) is 21.9 Å². The van der Waals surface area contributed by atoms with E-state index in [9.17, 15) is 0 Å². The van der Waals surface area contributed by atoms with Gasteiger partial charge in [-0.3, -0.25) is 4.90 Å². The van der Waals surface area contributed by atoms with Gasteiger partial charge in [0, 0.05) is 24.0 Å². The van der Waals surface area contributed by atoms with Crippen LogP contribution in [-0.4, -0.2) is 36.7 Å². The van der Waals surface area contributed by atoms with E-state index in [0.717, 1.165) is 6.54 Å². The van der Waals surface area contributed by atoms with Gasteiger partial charge >= 0.3 is 0 Å². The average molecular weight is 265 g/mol. The number of thiophene rings is 1. The molecule has 0 radical (unpaired) electrons. The Kier molecular flexibility index (Phi) is 4.36. The highest BCUT2D eigenvalue weighted by molar-refractivity contribution is 7.10. The Morgan fingerprint density at radius 3 is 3.00 bits per heavy atom. The topological polar surface area (TPSA) is 62.3 Å². The molecule has 2 N–H and O–H groups in total. The summed E-state index contributed by atoms with van der Waals surface area (Å²) in [6.07, 6.45) is -0.333. The second-order valence-electron chi connectivity index (χ2n) is 4.76. The van der Waals surface area contributed by atoms with Crippen LogP contribution in [0.1, 0.15) is 23.4 Å². The van der Waals surface area contributed by atoms with Gasteiger partial charge in [0.25, 0.3) is 0 Å². The molecule has 1 aliphatic heterocycles. The number of nitriles is 1. The van der Waals surface area contributed by atoms with Crippen molar-refractivity contribution in [2.45, 2.75) is 32.0 Å². The Balaban J connectivity index is 2.21. The van der Waals surface area contributed by atoms with Crippen molar-refractivity contribution >= 4 is 11.3 Å². The molecule has 3 atom stereocenters. The van der Waals surface area contributed by atoms with Crippen molar-refractivity contribution in [2.75, 3.05) is 19.7 Å². The molecule has 1 aromatic heterocycles. The van der Waals surface area contributed by atoms with Crippen LogP contribution in [0, 0.1) is 18.3 Å². The van der Waals surface area contributed by atoms with Crippen LogP contribution in [0.3, 0.4) is 0 Å². The third-order valence-corrected chi connectivity index (χ3v) is 4.39. The molecule has 18 heavy (non-hydrogen) atoms. The maximum absolute atomic E-state index is 8.98. The summed E-state index contributed by atoms with van der Waals surface area (Å²) in [6, 6.07) is 4.54. The first-order valence-electron chi connectivity index (χ1n) is 6.18. The third-order valence-electron chi connectivity index (χ3n) is 3.30. The molecule has 2 rings (SSSR count). The lowest BCUT2D eigenvalue weighted by atomic mass is 10.0. The predicted octanol–water partition coefficient (Wildman–Crippen LogP) is 1.67. The van der Waals surface area contributed by atoms with Crippen molar-refractivity contribution in [3.8, 4) is 6.07 Å². The van der Waals surface area contributed by atoms with Crippen LogP contribution in [0.25, 0.3) is 0 Å². The second kappa shape index (κ2) is 5.81. The summed E-state index contributed by atoms with van der Waals surface area (Å²) >= 11 is 1.74. The maximum Gasteiger partial charge on any atom is 0.156 e. The summed E-state index contributed by atoms with van der Waals surface area (Å²) in [5, 5.41) is 11.1. The normalized spacial score (nSPS) is 24.4. The van der Waals surface area contributed by atoms with Gasteiger partial charge in [0.05, 0.1) is 18.7 Å². The number of ether oxygens (including phenoxy) is 1. The summed E-state index contributed by atoms with van der Waals surface area (Å²) < 4.78 is 5.39. The van der Waals surface area contributed by atoms with Gasteiger partial charge in [-0.15, -0.1) is 11.3 Å². The second-order valence-corrected chi connectivity index (χ2v) is 5.70. The molecular formula is C13H19N3OS. The van der Waals surface area contributed by atoms with E-state index < -0.39 is 0 Å². The average Bonchev–Trinajstić information content (AvgIpc) is 2.76. The molecular weight excluding hydrogens is 246 g/mol. The van der Waals surface area contributed by atoms with Gasteiger partial charge in [0.2, 0.25) is 0 Å². The highest BCUT2D eigenvalue weighted by Crippen LogP contribution is 2.31. The van der Waals surface area contributed by atoms with E-state index in [4.69, 9.17) is 15.7 Å². The molecule has 1 aliphatic rings. The van der Waals surface area contributed by atoms with Gasteiger partial charge in [-0.1, -0.05) is 0 Å². The van der Waals surface area contributed by atoms with Gasteiger partial charge in [-0.05, 0) is 30.9 Å². The molecule has 0 aromatic carbocycles. The SMILES string of the molecule is Cc1ccsc1C(C(C)N)N1CCOC(C#N)C1. The monoisotopic (exact) mass is 265 g/mol. The predicted molar refractivity (Wildman–Crippen MR) is 72.4 cm³/mol. The highest BCUT2D eigenvalue weighted by atomic mass is 32.1. The Labute approximate surface area is 112 Å².